The molecule has 1 amide bonds. The summed E-state index contributed by atoms with van der Waals surface area (Å²) in [5.41, 5.74) is 0.775. The Bertz CT molecular complexity index is 1010. The van der Waals surface area contributed by atoms with E-state index in [1.54, 1.807) is 23.3 Å². The molecule has 0 aliphatic carbocycles. The van der Waals surface area contributed by atoms with E-state index in [9.17, 15) is 4.79 Å². The van der Waals surface area contributed by atoms with Crippen molar-refractivity contribution in [2.45, 2.75) is 37.8 Å². The number of ether oxygens (including phenoxy) is 2. The van der Waals surface area contributed by atoms with Crippen LogP contribution < -0.4 is 4.74 Å². The number of carbonyl (C=O) groups is 1. The molecule has 2 aliphatic rings. The van der Waals surface area contributed by atoms with Crippen LogP contribution in [0.15, 0.2) is 47.5 Å². The van der Waals surface area contributed by atoms with Crippen LogP contribution in [-0.2, 0) is 16.1 Å². The first-order valence-corrected chi connectivity index (χ1v) is 10.7. The monoisotopic (exact) mass is 423 g/mol. The fraction of sp³-hybridized carbons (Fsp3) is 0.455. The standard InChI is InChI=1S/C22H25N5O4/c28-20(14-26-10-8-23-15-26)27-9-5-17(13-27)30-19-4-2-1-3-18(19)22-24-21(25-31-22)16-6-11-29-12-7-16/h1-4,8,10,15-17H,5-7,9,11-14H2. The summed E-state index contributed by atoms with van der Waals surface area (Å²) < 4.78 is 19.0. The Kier molecular flexibility index (Phi) is 5.66. The van der Waals surface area contributed by atoms with Gasteiger partial charge in [0.25, 0.3) is 5.89 Å². The third-order valence-electron chi connectivity index (χ3n) is 5.81. The molecule has 2 fully saturated rings. The highest BCUT2D eigenvalue weighted by molar-refractivity contribution is 5.76. The molecule has 0 radical (unpaired) electrons. The number of carbonyl (C=O) groups excluding carboxylic acids is 1. The minimum absolute atomic E-state index is 0.0652. The molecule has 162 valence electrons. The number of para-hydroxylation sites is 1. The number of hydrogen-bond donors (Lipinski definition) is 0. The van der Waals surface area contributed by atoms with E-state index in [1.165, 1.54) is 0 Å². The Labute approximate surface area is 180 Å². The number of benzene rings is 1. The molecular formula is C22H25N5O4. The van der Waals surface area contributed by atoms with E-state index in [4.69, 9.17) is 14.0 Å². The molecule has 2 aromatic heterocycles. The summed E-state index contributed by atoms with van der Waals surface area (Å²) in [6.07, 6.45) is 7.62. The van der Waals surface area contributed by atoms with Gasteiger partial charge >= 0.3 is 0 Å². The van der Waals surface area contributed by atoms with Gasteiger partial charge in [0.15, 0.2) is 5.82 Å². The van der Waals surface area contributed by atoms with Crippen molar-refractivity contribution >= 4 is 5.91 Å². The van der Waals surface area contributed by atoms with Gasteiger partial charge in [0.05, 0.1) is 18.4 Å². The maximum absolute atomic E-state index is 12.5. The van der Waals surface area contributed by atoms with E-state index in [0.29, 0.717) is 31.3 Å². The molecule has 0 saturated carbocycles. The number of hydrogen-bond acceptors (Lipinski definition) is 7. The van der Waals surface area contributed by atoms with Crippen molar-refractivity contribution in [1.29, 1.82) is 0 Å². The molecule has 1 aromatic carbocycles. The zero-order valence-corrected chi connectivity index (χ0v) is 17.2. The van der Waals surface area contributed by atoms with Gasteiger partial charge in [-0.1, -0.05) is 17.3 Å². The molecule has 2 saturated heterocycles. The second-order valence-electron chi connectivity index (χ2n) is 7.94. The lowest BCUT2D eigenvalue weighted by atomic mass is 10.00. The predicted molar refractivity (Wildman–Crippen MR) is 110 cm³/mol. The number of nitrogens with zero attached hydrogens (tertiary/aromatic N) is 5. The normalized spacial score (nSPS) is 19.6. The largest absolute Gasteiger partial charge is 0.488 e. The lowest BCUT2D eigenvalue weighted by Gasteiger charge is -2.18. The Morgan fingerprint density at radius 2 is 2.06 bits per heavy atom. The average molecular weight is 423 g/mol. The lowest BCUT2D eigenvalue weighted by molar-refractivity contribution is -0.131. The van der Waals surface area contributed by atoms with Gasteiger partial charge in [-0.2, -0.15) is 4.98 Å². The Hall–Kier alpha value is -3.20. The van der Waals surface area contributed by atoms with Gasteiger partial charge in [0, 0.05) is 44.5 Å². The topological polar surface area (TPSA) is 95.5 Å². The van der Waals surface area contributed by atoms with Crippen molar-refractivity contribution < 1.29 is 18.8 Å². The first-order valence-electron chi connectivity index (χ1n) is 10.7. The quantitative estimate of drug-likeness (QED) is 0.601. The van der Waals surface area contributed by atoms with Gasteiger partial charge in [-0.25, -0.2) is 4.98 Å². The summed E-state index contributed by atoms with van der Waals surface area (Å²) in [4.78, 5) is 23.0. The molecule has 5 rings (SSSR count). The van der Waals surface area contributed by atoms with Crippen molar-refractivity contribution in [3.63, 3.8) is 0 Å². The van der Waals surface area contributed by atoms with Gasteiger partial charge < -0.3 is 23.5 Å². The van der Waals surface area contributed by atoms with Crippen molar-refractivity contribution in [2.24, 2.45) is 0 Å². The van der Waals surface area contributed by atoms with Crippen molar-refractivity contribution in [1.82, 2.24) is 24.6 Å². The molecule has 9 heteroatoms. The van der Waals surface area contributed by atoms with Crippen LogP contribution in [0.5, 0.6) is 5.75 Å². The molecule has 1 atom stereocenters. The van der Waals surface area contributed by atoms with Crippen LogP contribution in [0.25, 0.3) is 11.5 Å². The highest BCUT2D eigenvalue weighted by atomic mass is 16.5. The van der Waals surface area contributed by atoms with Crippen LogP contribution in [0.3, 0.4) is 0 Å². The maximum atomic E-state index is 12.5. The van der Waals surface area contributed by atoms with E-state index in [-0.39, 0.29) is 17.9 Å². The van der Waals surface area contributed by atoms with Crippen LogP contribution >= 0.6 is 0 Å². The molecule has 2 aliphatic heterocycles. The second-order valence-corrected chi connectivity index (χ2v) is 7.94. The fourth-order valence-corrected chi connectivity index (χ4v) is 4.08. The number of aromatic nitrogens is 4. The molecular weight excluding hydrogens is 398 g/mol. The zero-order valence-electron chi connectivity index (χ0n) is 17.2. The van der Waals surface area contributed by atoms with Crippen molar-refractivity contribution in [3.05, 3.63) is 48.8 Å². The Morgan fingerprint density at radius 1 is 1.19 bits per heavy atom. The first-order chi connectivity index (χ1) is 15.3. The van der Waals surface area contributed by atoms with E-state index in [2.05, 4.69) is 15.1 Å². The summed E-state index contributed by atoms with van der Waals surface area (Å²) in [6, 6.07) is 7.68. The molecule has 4 heterocycles. The molecule has 0 spiro atoms. The van der Waals surface area contributed by atoms with E-state index in [0.717, 1.165) is 43.9 Å². The van der Waals surface area contributed by atoms with Crippen LogP contribution in [0, 0.1) is 0 Å². The number of rotatable bonds is 6. The van der Waals surface area contributed by atoms with Crippen LogP contribution in [0.2, 0.25) is 0 Å². The third kappa shape index (κ3) is 4.46. The number of likely N-dealkylation sites (tertiary alicyclic amines) is 1. The van der Waals surface area contributed by atoms with Crippen molar-refractivity contribution in [2.75, 3.05) is 26.3 Å². The summed E-state index contributed by atoms with van der Waals surface area (Å²) >= 11 is 0. The van der Waals surface area contributed by atoms with Crippen LogP contribution in [0.4, 0.5) is 0 Å². The summed E-state index contributed by atoms with van der Waals surface area (Å²) in [6.45, 7) is 2.98. The van der Waals surface area contributed by atoms with E-state index >= 15 is 0 Å². The second kappa shape index (κ2) is 8.89. The van der Waals surface area contributed by atoms with Gasteiger partial charge in [-0.05, 0) is 25.0 Å². The maximum Gasteiger partial charge on any atom is 0.261 e. The fourth-order valence-electron chi connectivity index (χ4n) is 4.08. The van der Waals surface area contributed by atoms with E-state index in [1.807, 2.05) is 29.2 Å². The minimum atomic E-state index is -0.0780. The molecule has 1 unspecified atom stereocenters. The molecule has 9 nitrogen and oxygen atoms in total. The van der Waals surface area contributed by atoms with Crippen LogP contribution in [0.1, 0.15) is 31.0 Å². The zero-order chi connectivity index (χ0) is 21.0. The van der Waals surface area contributed by atoms with Gasteiger partial charge in [-0.15, -0.1) is 0 Å². The predicted octanol–water partition coefficient (Wildman–Crippen LogP) is 2.51. The first kappa shape index (κ1) is 19.7. The van der Waals surface area contributed by atoms with E-state index < -0.39 is 0 Å². The Morgan fingerprint density at radius 3 is 2.90 bits per heavy atom. The van der Waals surface area contributed by atoms with Crippen LogP contribution in [-0.4, -0.2) is 62.9 Å². The van der Waals surface area contributed by atoms with Gasteiger partial charge in [0.2, 0.25) is 5.91 Å². The van der Waals surface area contributed by atoms with Gasteiger partial charge in [-0.3, -0.25) is 4.79 Å². The summed E-state index contributed by atoms with van der Waals surface area (Å²) in [7, 11) is 0. The lowest BCUT2D eigenvalue weighted by Crippen LogP contribution is -2.33. The highest BCUT2D eigenvalue weighted by Crippen LogP contribution is 2.33. The molecule has 0 bridgehead atoms. The smallest absolute Gasteiger partial charge is 0.261 e. The minimum Gasteiger partial charge on any atom is -0.488 e. The summed E-state index contributed by atoms with van der Waals surface area (Å²) in [5.74, 6) is 2.21. The number of imidazole rings is 1. The highest BCUT2D eigenvalue weighted by Gasteiger charge is 2.29. The molecule has 3 aromatic rings. The SMILES string of the molecule is O=C(Cn1ccnc1)N1CCC(Oc2ccccc2-c2nc(C3CCOCC3)no2)C1. The van der Waals surface area contributed by atoms with Crippen molar-refractivity contribution in [3.8, 4) is 17.2 Å². The van der Waals surface area contributed by atoms with Gasteiger partial charge in [0.1, 0.15) is 18.4 Å². The molecule has 31 heavy (non-hydrogen) atoms. The summed E-state index contributed by atoms with van der Waals surface area (Å²) in [5, 5.41) is 4.20. The molecule has 0 N–H and O–H groups in total. The average Bonchev–Trinajstić information content (AvgIpc) is 3.57. The third-order valence-corrected chi connectivity index (χ3v) is 5.81. The Balaban J connectivity index is 1.25. The number of amides is 1.